The van der Waals surface area contributed by atoms with Crippen molar-refractivity contribution in [1.82, 2.24) is 18.7 Å². The van der Waals surface area contributed by atoms with E-state index in [1.165, 1.54) is 36.1 Å². The molecule has 2 aromatic heterocycles. The summed E-state index contributed by atoms with van der Waals surface area (Å²) in [5.74, 6) is -0.732. The summed E-state index contributed by atoms with van der Waals surface area (Å²) in [4.78, 5) is 26.3. The smallest absolute Gasteiger partial charge is 0.306 e. The highest BCUT2D eigenvalue weighted by Crippen LogP contribution is 2.31. The Hall–Kier alpha value is -5.95. The van der Waals surface area contributed by atoms with Gasteiger partial charge in [-0.15, -0.1) is 0 Å². The second kappa shape index (κ2) is 20.1. The second-order valence-corrected chi connectivity index (χ2v) is 17.6. The van der Waals surface area contributed by atoms with Crippen LogP contribution in [0, 0.1) is 45.7 Å². The number of hydrogen-bond donors (Lipinski definition) is 1. The largest absolute Gasteiger partial charge is 0.497 e. The predicted octanol–water partition coefficient (Wildman–Crippen LogP) is 7.43. The van der Waals surface area contributed by atoms with E-state index in [1.54, 1.807) is 38.6 Å². The number of aryl methyl sites for hydroxylation is 2. The second-order valence-electron chi connectivity index (χ2n) is 11.6. The Morgan fingerprint density at radius 1 is 0.746 bits per heavy atom. The van der Waals surface area contributed by atoms with E-state index in [0.29, 0.717) is 29.5 Å². The molecule has 6 aromatic rings. The highest BCUT2D eigenvalue weighted by atomic mass is 35.7. The number of hydrogen-bond acceptors (Lipinski definition) is 17. The maximum atomic E-state index is 13.7. The van der Waals surface area contributed by atoms with Crippen LogP contribution in [-0.2, 0) is 32.2 Å². The third-order valence-electron chi connectivity index (χ3n) is 7.87. The molecule has 0 unspecified atom stereocenters. The molecule has 18 nitrogen and oxygen atoms in total. The number of anilines is 2. The summed E-state index contributed by atoms with van der Waals surface area (Å²) in [5, 5.41) is 25.4. The third kappa shape index (κ3) is 12.3. The zero-order chi connectivity index (χ0) is 43.5. The van der Waals surface area contributed by atoms with E-state index in [4.69, 9.17) is 20.2 Å². The monoisotopic (exact) mass is 912 g/mol. The molecule has 0 spiro atoms. The number of benzene rings is 4. The lowest BCUT2D eigenvalue weighted by atomic mass is 10.1. The van der Waals surface area contributed by atoms with E-state index < -0.39 is 61.7 Å². The predicted molar refractivity (Wildman–Crippen MR) is 215 cm³/mol. The molecular weight excluding hydrogens is 882 g/mol. The van der Waals surface area contributed by atoms with Crippen molar-refractivity contribution in [3.8, 4) is 11.5 Å². The lowest BCUT2D eigenvalue weighted by molar-refractivity contribution is -0.387. The van der Waals surface area contributed by atoms with Crippen LogP contribution in [0.25, 0.3) is 0 Å². The highest BCUT2D eigenvalue weighted by Gasteiger charge is 2.30. The maximum absolute atomic E-state index is 13.7. The number of aromatic nitrogens is 4. The number of nitro groups is 2. The van der Waals surface area contributed by atoms with Gasteiger partial charge in [0, 0.05) is 52.4 Å². The number of rotatable bonds is 13. The van der Waals surface area contributed by atoms with Gasteiger partial charge in [0.1, 0.15) is 24.2 Å². The topological polar surface area (TPSA) is 240 Å². The van der Waals surface area contributed by atoms with Gasteiger partial charge in [-0.05, 0) is 84.6 Å². The summed E-state index contributed by atoms with van der Waals surface area (Å²) in [6.45, 7) is 4.52. The van der Waals surface area contributed by atoms with E-state index in [-0.39, 0.29) is 11.7 Å². The normalized spacial score (nSPS) is 11.0. The van der Waals surface area contributed by atoms with Crippen molar-refractivity contribution in [3.05, 3.63) is 140 Å². The van der Waals surface area contributed by atoms with Crippen LogP contribution in [0.5, 0.6) is 11.5 Å². The Labute approximate surface area is 348 Å². The van der Waals surface area contributed by atoms with Crippen molar-refractivity contribution in [2.75, 3.05) is 23.8 Å². The Morgan fingerprint density at radius 2 is 1.25 bits per heavy atom. The van der Waals surface area contributed by atoms with Crippen LogP contribution in [0.1, 0.15) is 22.3 Å². The van der Waals surface area contributed by atoms with E-state index in [9.17, 15) is 45.8 Å². The van der Waals surface area contributed by atoms with E-state index in [2.05, 4.69) is 37.0 Å². The van der Waals surface area contributed by atoms with Crippen molar-refractivity contribution in [2.45, 2.75) is 36.7 Å². The SMILES string of the molecule is COc1ccc(CN(c2ncns2)S(=O)(=O)c2ccc(F)c([N+](=O)[O-])c2)c(C)c1.COc1ccc(CNc2ncns2)c(C)c1.O=[N+]([O-])c1cc(S(=O)(=O)Cl)ccc1F. The molecule has 0 aliphatic rings. The first kappa shape index (κ1) is 45.7. The zero-order valence-electron chi connectivity index (χ0n) is 31.0. The van der Waals surface area contributed by atoms with E-state index in [0.717, 1.165) is 57.0 Å². The molecule has 0 saturated heterocycles. The summed E-state index contributed by atoms with van der Waals surface area (Å²) >= 11 is 2.21. The van der Waals surface area contributed by atoms with E-state index in [1.807, 2.05) is 12.1 Å². The number of sulfonamides is 1. The molecule has 312 valence electrons. The van der Waals surface area contributed by atoms with Crippen LogP contribution in [0.3, 0.4) is 0 Å². The minimum atomic E-state index is -4.29. The van der Waals surface area contributed by atoms with Crippen molar-refractivity contribution >= 4 is 74.5 Å². The summed E-state index contributed by atoms with van der Waals surface area (Å²) in [6.07, 6.45) is 2.75. The molecule has 0 atom stereocenters. The molecule has 4 aromatic carbocycles. The minimum absolute atomic E-state index is 0.0761. The van der Waals surface area contributed by atoms with Gasteiger partial charge in [-0.2, -0.15) is 17.5 Å². The van der Waals surface area contributed by atoms with Crippen molar-refractivity contribution in [3.63, 3.8) is 0 Å². The number of nitrogens with one attached hydrogen (secondary N) is 1. The molecule has 6 rings (SSSR count). The van der Waals surface area contributed by atoms with Crippen LogP contribution >= 0.6 is 33.7 Å². The first-order valence-corrected chi connectivity index (χ1v) is 21.5. The highest BCUT2D eigenvalue weighted by molar-refractivity contribution is 8.13. The van der Waals surface area contributed by atoms with Gasteiger partial charge >= 0.3 is 11.4 Å². The molecule has 0 saturated carbocycles. The molecule has 0 aliphatic heterocycles. The van der Waals surface area contributed by atoms with Gasteiger partial charge in [-0.3, -0.25) is 20.2 Å². The van der Waals surface area contributed by atoms with Gasteiger partial charge in [-0.1, -0.05) is 12.1 Å². The van der Waals surface area contributed by atoms with Gasteiger partial charge in [0.25, 0.3) is 19.1 Å². The molecule has 25 heteroatoms. The van der Waals surface area contributed by atoms with Crippen molar-refractivity contribution < 1.29 is 44.9 Å². The summed E-state index contributed by atoms with van der Waals surface area (Å²) in [5.41, 5.74) is 2.03. The Bertz CT molecular complexity index is 2640. The third-order valence-corrected chi connectivity index (χ3v) is 12.4. The van der Waals surface area contributed by atoms with Gasteiger partial charge in [-0.25, -0.2) is 31.1 Å². The van der Waals surface area contributed by atoms with Gasteiger partial charge in [0.15, 0.2) is 0 Å². The molecule has 1 N–H and O–H groups in total. The van der Waals surface area contributed by atoms with E-state index >= 15 is 0 Å². The number of methoxy groups -OCH3 is 2. The first-order chi connectivity index (χ1) is 27.8. The fourth-order valence-corrected chi connectivity index (χ4v) is 8.13. The standard InChI is InChI=1S/C17H15FN4O5S2.C11H13N3OS.C6H3ClFNO4S/c1-11-7-13(27-2)4-3-12(11)9-21(17-19-10-20-28-17)29(25,26)14-5-6-15(18)16(8-14)22(23)24;1-8-5-10(15-2)4-3-9(8)6-12-11-13-7-14-16-11;7-14(12,13)4-1-2-5(8)6(3-4)9(10)11/h3-8,10H,9H2,1-2H3;3-5,7H,6H2,1-2H3,(H,12,13,14);1-3H. The fourth-order valence-electron chi connectivity index (χ4n) is 4.78. The fraction of sp³-hybridized carbons (Fsp3) is 0.176. The summed E-state index contributed by atoms with van der Waals surface area (Å²) in [7, 11) is -0.252. The van der Waals surface area contributed by atoms with Crippen molar-refractivity contribution in [2.24, 2.45) is 0 Å². The van der Waals surface area contributed by atoms with Crippen LogP contribution in [0.4, 0.5) is 30.4 Å². The zero-order valence-corrected chi connectivity index (χ0v) is 35.0. The molecule has 59 heavy (non-hydrogen) atoms. The Morgan fingerprint density at radius 3 is 1.71 bits per heavy atom. The number of nitrogens with zero attached hydrogens (tertiary/aromatic N) is 7. The average molecular weight is 913 g/mol. The maximum Gasteiger partial charge on any atom is 0.306 e. The van der Waals surface area contributed by atoms with Gasteiger partial charge in [0.05, 0.1) is 40.4 Å². The van der Waals surface area contributed by atoms with Crippen LogP contribution in [0.2, 0.25) is 0 Å². The molecular formula is C34H31ClF2N8O10S4. The lowest BCUT2D eigenvalue weighted by Crippen LogP contribution is -2.31. The Kier molecular flexibility index (Phi) is 15.6. The van der Waals surface area contributed by atoms with Crippen LogP contribution < -0.4 is 19.1 Å². The molecule has 0 radical (unpaired) electrons. The molecule has 0 bridgehead atoms. The molecule has 0 amide bonds. The summed E-state index contributed by atoms with van der Waals surface area (Å²) in [6, 6.07) is 15.7. The number of halogens is 3. The van der Waals surface area contributed by atoms with Crippen molar-refractivity contribution in [1.29, 1.82) is 0 Å². The van der Waals surface area contributed by atoms with Crippen LogP contribution in [-0.4, -0.2) is 59.6 Å². The molecule has 2 heterocycles. The quantitative estimate of drug-likeness (QED) is 0.0673. The number of nitro benzene ring substituents is 2. The average Bonchev–Trinajstić information content (AvgIpc) is 3.92. The van der Waals surface area contributed by atoms with Gasteiger partial charge in [0.2, 0.25) is 21.9 Å². The Balaban J connectivity index is 0.000000216. The molecule has 0 aliphatic carbocycles. The molecule has 0 fully saturated rings. The number of ether oxygens (including phenoxy) is 2. The van der Waals surface area contributed by atoms with Gasteiger partial charge < -0.3 is 14.8 Å². The first-order valence-electron chi connectivity index (χ1n) is 16.2. The van der Waals surface area contributed by atoms with Crippen LogP contribution in [0.15, 0.2) is 95.2 Å². The lowest BCUT2D eigenvalue weighted by Gasteiger charge is -2.22. The minimum Gasteiger partial charge on any atom is -0.497 e. The summed E-state index contributed by atoms with van der Waals surface area (Å²) < 4.78 is 93.5.